The van der Waals surface area contributed by atoms with Gasteiger partial charge in [-0.25, -0.2) is 9.59 Å². The third-order valence-electron chi connectivity index (χ3n) is 5.98. The van der Waals surface area contributed by atoms with Crippen LogP contribution in [-0.4, -0.2) is 43.5 Å². The minimum atomic E-state index is -4.35. The first-order valence-corrected chi connectivity index (χ1v) is 12.0. The molecule has 0 heterocycles. The average molecular weight is 521 g/mol. The van der Waals surface area contributed by atoms with Crippen molar-refractivity contribution in [1.29, 1.82) is 0 Å². The van der Waals surface area contributed by atoms with Crippen LogP contribution in [0.1, 0.15) is 60.0 Å². The normalized spacial score (nSPS) is 18.9. The van der Waals surface area contributed by atoms with Gasteiger partial charge in [-0.3, -0.25) is 0 Å². The lowest BCUT2D eigenvalue weighted by Crippen LogP contribution is -2.30. The molecule has 0 amide bonds. The van der Waals surface area contributed by atoms with Crippen LogP contribution >= 0.6 is 0 Å². The second-order valence-electron chi connectivity index (χ2n) is 9.15. The summed E-state index contributed by atoms with van der Waals surface area (Å²) in [5, 5.41) is 0. The van der Waals surface area contributed by atoms with E-state index in [0.29, 0.717) is 48.2 Å². The van der Waals surface area contributed by atoms with E-state index in [9.17, 15) is 22.8 Å². The Morgan fingerprint density at radius 3 is 2.19 bits per heavy atom. The smallest absolute Gasteiger partial charge is 0.411 e. The lowest BCUT2D eigenvalue weighted by atomic mass is 9.95. The number of carbonyl (C=O) groups excluding carboxylic acids is 2. The highest BCUT2D eigenvalue weighted by molar-refractivity contribution is 5.90. The first kappa shape index (κ1) is 28.0. The number of alkyl halides is 3. The fourth-order valence-corrected chi connectivity index (χ4v) is 3.98. The van der Waals surface area contributed by atoms with E-state index in [-0.39, 0.29) is 18.6 Å². The topological polar surface area (TPSA) is 114 Å². The Hall–Kier alpha value is -3.53. The summed E-state index contributed by atoms with van der Waals surface area (Å²) in [6, 6.07) is 11.7. The monoisotopic (exact) mass is 520 g/mol. The van der Waals surface area contributed by atoms with Crippen molar-refractivity contribution < 1.29 is 37.0 Å². The van der Waals surface area contributed by atoms with Crippen LogP contribution in [0, 0.1) is 0 Å². The summed E-state index contributed by atoms with van der Waals surface area (Å²) in [5.74, 6) is -1.11. The molecule has 1 aliphatic rings. The summed E-state index contributed by atoms with van der Waals surface area (Å²) in [6.07, 6.45) is -0.624. The molecule has 0 aliphatic heterocycles. The van der Waals surface area contributed by atoms with Crippen molar-refractivity contribution in [3.63, 3.8) is 0 Å². The summed E-state index contributed by atoms with van der Waals surface area (Å²) in [5.41, 5.74) is 14.6. The van der Waals surface area contributed by atoms with Crippen LogP contribution in [0.4, 0.5) is 24.5 Å². The summed E-state index contributed by atoms with van der Waals surface area (Å²) in [7, 11) is 0. The van der Waals surface area contributed by atoms with E-state index >= 15 is 0 Å². The summed E-state index contributed by atoms with van der Waals surface area (Å²) < 4.78 is 52.5. The number of nitrogens with two attached hydrogens (primary N) is 2. The quantitative estimate of drug-likeness (QED) is 0.263. The Morgan fingerprint density at radius 1 is 1.00 bits per heavy atom. The van der Waals surface area contributed by atoms with Crippen molar-refractivity contribution in [2.45, 2.75) is 56.9 Å². The molecule has 200 valence electrons. The number of anilines is 2. The first-order valence-electron chi connectivity index (χ1n) is 12.0. The van der Waals surface area contributed by atoms with Gasteiger partial charge in [0.15, 0.2) is 0 Å². The van der Waals surface area contributed by atoms with Gasteiger partial charge in [-0.15, -0.1) is 0 Å². The molecule has 0 aromatic heterocycles. The number of esters is 2. The van der Waals surface area contributed by atoms with Crippen LogP contribution < -0.4 is 11.5 Å². The van der Waals surface area contributed by atoms with Crippen LogP contribution in [-0.2, 0) is 19.0 Å². The van der Waals surface area contributed by atoms with E-state index in [0.717, 1.165) is 5.56 Å². The zero-order valence-electron chi connectivity index (χ0n) is 20.5. The Labute approximate surface area is 213 Å². The van der Waals surface area contributed by atoms with Gasteiger partial charge in [0.25, 0.3) is 0 Å². The highest BCUT2D eigenvalue weighted by Gasteiger charge is 2.31. The molecule has 4 N–H and O–H groups in total. The SMILES string of the molecule is CC(COC(=O)/C=C/c1ccc(C(=O)OC2CCC(OCC(F)(F)F)CC2)cc1)c1cc(N)cc(N)c1. The van der Waals surface area contributed by atoms with Gasteiger partial charge in [-0.1, -0.05) is 19.1 Å². The van der Waals surface area contributed by atoms with Gasteiger partial charge in [0.2, 0.25) is 0 Å². The molecule has 0 bridgehead atoms. The van der Waals surface area contributed by atoms with E-state index < -0.39 is 30.8 Å². The minimum absolute atomic E-state index is 0.0871. The Morgan fingerprint density at radius 2 is 1.59 bits per heavy atom. The maximum absolute atomic E-state index is 12.4. The Balaban J connectivity index is 1.41. The number of hydrogen-bond donors (Lipinski definition) is 2. The zero-order chi connectivity index (χ0) is 27.0. The molecule has 1 fully saturated rings. The van der Waals surface area contributed by atoms with Gasteiger partial charge in [-0.05, 0) is 73.2 Å². The van der Waals surface area contributed by atoms with E-state index in [1.807, 2.05) is 6.92 Å². The lowest BCUT2D eigenvalue weighted by molar-refractivity contribution is -0.189. The molecule has 7 nitrogen and oxygen atoms in total. The standard InChI is InChI=1S/C27H31F3N2O5/c1-17(20-12-21(31)14-22(32)13-20)15-35-25(33)11-4-18-2-5-19(6-3-18)26(34)37-24-9-7-23(8-10-24)36-16-27(28,29)30/h2-6,11-14,17,23-24H,7-10,15-16,31-32H2,1H3/b11-4+. The van der Waals surface area contributed by atoms with E-state index in [1.165, 1.54) is 6.08 Å². The number of halogens is 3. The number of benzene rings is 2. The highest BCUT2D eigenvalue weighted by Crippen LogP contribution is 2.26. The number of hydrogen-bond acceptors (Lipinski definition) is 7. The molecule has 37 heavy (non-hydrogen) atoms. The van der Waals surface area contributed by atoms with Gasteiger partial charge >= 0.3 is 18.1 Å². The summed E-state index contributed by atoms with van der Waals surface area (Å²) >= 11 is 0. The molecule has 3 rings (SSSR count). The van der Waals surface area contributed by atoms with Crippen LogP contribution in [0.2, 0.25) is 0 Å². The molecule has 1 atom stereocenters. The van der Waals surface area contributed by atoms with Gasteiger partial charge in [0, 0.05) is 23.4 Å². The van der Waals surface area contributed by atoms with Gasteiger partial charge < -0.3 is 25.7 Å². The summed E-state index contributed by atoms with van der Waals surface area (Å²) in [4.78, 5) is 24.5. The average Bonchev–Trinajstić information content (AvgIpc) is 2.84. The zero-order valence-corrected chi connectivity index (χ0v) is 20.5. The Bertz CT molecular complexity index is 1070. The highest BCUT2D eigenvalue weighted by atomic mass is 19.4. The molecular formula is C27H31F3N2O5. The molecular weight excluding hydrogens is 489 g/mol. The number of carbonyl (C=O) groups is 2. The largest absolute Gasteiger partial charge is 0.462 e. The second kappa shape index (κ2) is 12.6. The maximum atomic E-state index is 12.4. The van der Waals surface area contributed by atoms with Crippen LogP contribution in [0.5, 0.6) is 0 Å². The van der Waals surface area contributed by atoms with Crippen molar-refractivity contribution in [3.8, 4) is 0 Å². The number of nitrogen functional groups attached to an aromatic ring is 2. The number of rotatable bonds is 9. The molecule has 0 spiro atoms. The van der Waals surface area contributed by atoms with Crippen LogP contribution in [0.3, 0.4) is 0 Å². The first-order chi connectivity index (χ1) is 17.5. The van der Waals surface area contributed by atoms with E-state index in [2.05, 4.69) is 0 Å². The van der Waals surface area contributed by atoms with Gasteiger partial charge in [0.1, 0.15) is 12.7 Å². The predicted molar refractivity (Wildman–Crippen MR) is 134 cm³/mol. The van der Waals surface area contributed by atoms with Gasteiger partial charge in [-0.2, -0.15) is 13.2 Å². The molecule has 1 unspecified atom stereocenters. The molecule has 2 aromatic carbocycles. The Kier molecular flexibility index (Phi) is 9.57. The van der Waals surface area contributed by atoms with Crippen LogP contribution in [0.25, 0.3) is 6.08 Å². The predicted octanol–water partition coefficient (Wildman–Crippen LogP) is 5.26. The molecule has 0 saturated heterocycles. The summed E-state index contributed by atoms with van der Waals surface area (Å²) in [6.45, 7) is 0.794. The van der Waals surface area contributed by atoms with Crippen molar-refractivity contribution in [1.82, 2.24) is 0 Å². The lowest BCUT2D eigenvalue weighted by Gasteiger charge is -2.28. The molecule has 10 heteroatoms. The molecule has 2 aromatic rings. The van der Waals surface area contributed by atoms with Crippen LogP contribution in [0.15, 0.2) is 48.5 Å². The van der Waals surface area contributed by atoms with Gasteiger partial charge in [0.05, 0.1) is 18.3 Å². The minimum Gasteiger partial charge on any atom is -0.462 e. The van der Waals surface area contributed by atoms with Crippen molar-refractivity contribution >= 4 is 29.4 Å². The fraction of sp³-hybridized carbons (Fsp3) is 0.407. The fourth-order valence-electron chi connectivity index (χ4n) is 3.98. The van der Waals surface area contributed by atoms with Crippen molar-refractivity contribution in [3.05, 3.63) is 65.2 Å². The third-order valence-corrected chi connectivity index (χ3v) is 5.98. The molecule has 0 radical (unpaired) electrons. The molecule has 1 aliphatic carbocycles. The number of ether oxygens (including phenoxy) is 3. The van der Waals surface area contributed by atoms with E-state index in [4.69, 9.17) is 25.7 Å². The maximum Gasteiger partial charge on any atom is 0.411 e. The molecule has 1 saturated carbocycles. The van der Waals surface area contributed by atoms with Crippen molar-refractivity contribution in [2.24, 2.45) is 0 Å². The van der Waals surface area contributed by atoms with E-state index in [1.54, 1.807) is 48.5 Å². The van der Waals surface area contributed by atoms with Crippen molar-refractivity contribution in [2.75, 3.05) is 24.7 Å². The third kappa shape index (κ3) is 9.45. The second-order valence-corrected chi connectivity index (χ2v) is 9.15.